The first kappa shape index (κ1) is 17.6. The number of hydrogen-bond acceptors (Lipinski definition) is 6. The molecular formula is C21H20N4OS2. The molecule has 2 aromatic carbocycles. The van der Waals surface area contributed by atoms with Crippen LogP contribution in [-0.4, -0.2) is 47.0 Å². The smallest absolute Gasteiger partial charge is 0.282 e. The van der Waals surface area contributed by atoms with Gasteiger partial charge in [-0.25, -0.2) is 9.97 Å². The van der Waals surface area contributed by atoms with Crippen molar-refractivity contribution in [3.8, 4) is 0 Å². The predicted octanol–water partition coefficient (Wildman–Crippen LogP) is 4.49. The van der Waals surface area contributed by atoms with Crippen molar-refractivity contribution in [2.75, 3.05) is 31.1 Å². The van der Waals surface area contributed by atoms with Crippen LogP contribution in [0.15, 0.2) is 36.4 Å². The van der Waals surface area contributed by atoms with Crippen molar-refractivity contribution in [3.05, 3.63) is 52.5 Å². The van der Waals surface area contributed by atoms with Gasteiger partial charge in [-0.2, -0.15) is 0 Å². The van der Waals surface area contributed by atoms with E-state index < -0.39 is 0 Å². The molecule has 5 rings (SSSR count). The molecule has 0 atom stereocenters. The van der Waals surface area contributed by atoms with Crippen molar-refractivity contribution in [3.63, 3.8) is 0 Å². The van der Waals surface area contributed by atoms with Gasteiger partial charge in [0.1, 0.15) is 0 Å². The van der Waals surface area contributed by atoms with E-state index in [1.807, 2.05) is 29.2 Å². The molecule has 0 bridgehead atoms. The van der Waals surface area contributed by atoms with Crippen molar-refractivity contribution < 1.29 is 4.79 Å². The van der Waals surface area contributed by atoms with E-state index in [0.29, 0.717) is 18.1 Å². The van der Waals surface area contributed by atoms with Crippen molar-refractivity contribution in [1.82, 2.24) is 14.9 Å². The van der Waals surface area contributed by atoms with Gasteiger partial charge in [0, 0.05) is 26.2 Å². The molecular weight excluding hydrogens is 388 g/mol. The topological polar surface area (TPSA) is 49.3 Å². The van der Waals surface area contributed by atoms with Crippen molar-refractivity contribution in [2.24, 2.45) is 0 Å². The lowest BCUT2D eigenvalue weighted by Gasteiger charge is -2.34. The first-order chi connectivity index (χ1) is 13.6. The van der Waals surface area contributed by atoms with Gasteiger partial charge in [-0.05, 0) is 49.2 Å². The molecule has 0 saturated carbocycles. The maximum atomic E-state index is 12.9. The van der Waals surface area contributed by atoms with E-state index in [9.17, 15) is 4.79 Å². The van der Waals surface area contributed by atoms with Gasteiger partial charge in [-0.15, -0.1) is 11.3 Å². The Bertz CT molecular complexity index is 1120. The first-order valence-electron chi connectivity index (χ1n) is 9.36. The lowest BCUT2D eigenvalue weighted by Crippen LogP contribution is -2.48. The van der Waals surface area contributed by atoms with Crippen LogP contribution in [0.4, 0.5) is 5.13 Å². The fourth-order valence-electron chi connectivity index (χ4n) is 3.50. The number of fused-ring (bicyclic) bond motifs is 2. The molecule has 1 fully saturated rings. The number of thiazole rings is 2. The van der Waals surface area contributed by atoms with Crippen LogP contribution in [0.25, 0.3) is 20.4 Å². The number of carbonyl (C=O) groups is 1. The van der Waals surface area contributed by atoms with E-state index in [0.717, 1.165) is 34.0 Å². The number of piperazine rings is 1. The molecule has 28 heavy (non-hydrogen) atoms. The Balaban J connectivity index is 1.31. The summed E-state index contributed by atoms with van der Waals surface area (Å²) in [5, 5.41) is 1.63. The molecule has 0 N–H and O–H groups in total. The SMILES string of the molecule is Cc1cc2nc(N3CCN(C(=O)c4nc5ccccc5s4)CC3)sc2cc1C. The summed E-state index contributed by atoms with van der Waals surface area (Å²) in [5.74, 6) is 0.0383. The van der Waals surface area contributed by atoms with Crippen LogP contribution in [0, 0.1) is 13.8 Å². The zero-order chi connectivity index (χ0) is 19.3. The molecule has 1 aliphatic heterocycles. The van der Waals surface area contributed by atoms with Gasteiger partial charge < -0.3 is 9.80 Å². The molecule has 0 spiro atoms. The molecule has 2 aromatic heterocycles. The van der Waals surface area contributed by atoms with Gasteiger partial charge in [-0.1, -0.05) is 23.5 Å². The number of anilines is 1. The summed E-state index contributed by atoms with van der Waals surface area (Å²) in [5.41, 5.74) is 4.54. The molecule has 0 unspecified atom stereocenters. The van der Waals surface area contributed by atoms with E-state index in [2.05, 4.69) is 35.9 Å². The zero-order valence-corrected chi connectivity index (χ0v) is 17.4. The molecule has 0 radical (unpaired) electrons. The van der Waals surface area contributed by atoms with Crippen molar-refractivity contribution >= 4 is 54.1 Å². The number of aromatic nitrogens is 2. The molecule has 142 valence electrons. The fourth-order valence-corrected chi connectivity index (χ4v) is 5.53. The third-order valence-corrected chi connectivity index (χ3v) is 7.41. The highest BCUT2D eigenvalue weighted by atomic mass is 32.1. The van der Waals surface area contributed by atoms with E-state index in [4.69, 9.17) is 4.98 Å². The summed E-state index contributed by atoms with van der Waals surface area (Å²) in [6, 6.07) is 12.3. The lowest BCUT2D eigenvalue weighted by atomic mass is 10.1. The van der Waals surface area contributed by atoms with Crippen LogP contribution in [0.1, 0.15) is 20.9 Å². The maximum absolute atomic E-state index is 12.9. The van der Waals surface area contributed by atoms with Gasteiger partial charge in [0.05, 0.1) is 20.4 Å². The van der Waals surface area contributed by atoms with Gasteiger partial charge >= 0.3 is 0 Å². The minimum Gasteiger partial charge on any atom is -0.345 e. The van der Waals surface area contributed by atoms with Crippen LogP contribution < -0.4 is 4.90 Å². The lowest BCUT2D eigenvalue weighted by molar-refractivity contribution is 0.0746. The Morgan fingerprint density at radius 2 is 1.64 bits per heavy atom. The van der Waals surface area contributed by atoms with Crippen LogP contribution in [0.2, 0.25) is 0 Å². The molecule has 5 nitrogen and oxygen atoms in total. The summed E-state index contributed by atoms with van der Waals surface area (Å²) in [4.78, 5) is 26.4. The second kappa shape index (κ2) is 6.83. The molecule has 1 amide bonds. The summed E-state index contributed by atoms with van der Waals surface area (Å²) >= 11 is 3.21. The van der Waals surface area contributed by atoms with Crippen molar-refractivity contribution in [2.45, 2.75) is 13.8 Å². The Labute approximate surface area is 171 Å². The monoisotopic (exact) mass is 408 g/mol. The number of carbonyl (C=O) groups excluding carboxylic acids is 1. The van der Waals surface area contributed by atoms with Crippen LogP contribution in [-0.2, 0) is 0 Å². The largest absolute Gasteiger partial charge is 0.345 e. The van der Waals surface area contributed by atoms with E-state index in [1.165, 1.54) is 27.2 Å². The fraction of sp³-hybridized carbons (Fsp3) is 0.286. The number of para-hydroxylation sites is 1. The van der Waals surface area contributed by atoms with Crippen LogP contribution in [0.5, 0.6) is 0 Å². The molecule has 1 saturated heterocycles. The van der Waals surface area contributed by atoms with Gasteiger partial charge in [0.25, 0.3) is 5.91 Å². The standard InChI is InChI=1S/C21H20N4OS2/c1-13-11-16-18(12-14(13)2)28-21(23-16)25-9-7-24(8-10-25)20(26)19-22-15-5-3-4-6-17(15)27-19/h3-6,11-12H,7-10H2,1-2H3. The Hall–Kier alpha value is -2.51. The number of hydrogen-bond donors (Lipinski definition) is 0. The van der Waals surface area contributed by atoms with Crippen molar-refractivity contribution in [1.29, 1.82) is 0 Å². The Morgan fingerprint density at radius 3 is 2.43 bits per heavy atom. The van der Waals surface area contributed by atoms with E-state index >= 15 is 0 Å². The molecule has 0 aliphatic carbocycles. The molecule has 1 aliphatic rings. The highest BCUT2D eigenvalue weighted by Gasteiger charge is 2.26. The Kier molecular flexibility index (Phi) is 4.29. The third kappa shape index (κ3) is 3.04. The highest BCUT2D eigenvalue weighted by Crippen LogP contribution is 2.31. The average Bonchev–Trinajstić information content (AvgIpc) is 3.32. The summed E-state index contributed by atoms with van der Waals surface area (Å²) in [6.45, 7) is 7.26. The van der Waals surface area contributed by atoms with Gasteiger partial charge in [-0.3, -0.25) is 4.79 Å². The van der Waals surface area contributed by atoms with Crippen LogP contribution in [0.3, 0.4) is 0 Å². The van der Waals surface area contributed by atoms with E-state index in [1.54, 1.807) is 11.3 Å². The number of aryl methyl sites for hydroxylation is 2. The van der Waals surface area contributed by atoms with Gasteiger partial charge in [0.15, 0.2) is 10.1 Å². The summed E-state index contributed by atoms with van der Waals surface area (Å²) in [6.07, 6.45) is 0. The quantitative estimate of drug-likeness (QED) is 0.490. The minimum absolute atomic E-state index is 0.0383. The van der Waals surface area contributed by atoms with E-state index in [-0.39, 0.29) is 5.91 Å². The summed E-state index contributed by atoms with van der Waals surface area (Å²) < 4.78 is 2.29. The first-order valence-corrected chi connectivity index (χ1v) is 11.0. The number of benzene rings is 2. The molecule has 7 heteroatoms. The molecule has 3 heterocycles. The summed E-state index contributed by atoms with van der Waals surface area (Å²) in [7, 11) is 0. The normalized spacial score (nSPS) is 14.9. The third-order valence-electron chi connectivity index (χ3n) is 5.31. The Morgan fingerprint density at radius 1 is 0.893 bits per heavy atom. The van der Waals surface area contributed by atoms with Gasteiger partial charge in [0.2, 0.25) is 0 Å². The maximum Gasteiger partial charge on any atom is 0.282 e. The van der Waals surface area contributed by atoms with Crippen LogP contribution >= 0.6 is 22.7 Å². The molecule has 4 aromatic rings. The second-order valence-corrected chi connectivity index (χ2v) is 9.21. The number of rotatable bonds is 2. The predicted molar refractivity (Wildman–Crippen MR) is 117 cm³/mol. The minimum atomic E-state index is 0.0383. The average molecular weight is 409 g/mol. The second-order valence-electron chi connectivity index (χ2n) is 7.17. The highest BCUT2D eigenvalue weighted by molar-refractivity contribution is 7.22. The zero-order valence-electron chi connectivity index (χ0n) is 15.8. The number of nitrogens with zero attached hydrogens (tertiary/aromatic N) is 4. The number of amides is 1.